The van der Waals surface area contributed by atoms with Crippen molar-refractivity contribution in [2.75, 3.05) is 13.2 Å². The molecule has 1 fully saturated rings. The Hall–Kier alpha value is -0.310. The highest BCUT2D eigenvalue weighted by molar-refractivity contribution is 6.31. The summed E-state index contributed by atoms with van der Waals surface area (Å²) < 4.78 is 18.4. The average Bonchev–Trinajstić information content (AvgIpc) is 2.27. The summed E-state index contributed by atoms with van der Waals surface area (Å²) in [6.07, 6.45) is 1.52. The van der Waals surface area contributed by atoms with Crippen LogP contribution < -0.4 is 0 Å². The minimum atomic E-state index is -0.262. The average molecular weight is 263 g/mol. The SMILES string of the molecule is Fc1ccc(Cl)c(CC2COCCC2Cl)c1. The zero-order valence-corrected chi connectivity index (χ0v) is 10.3. The summed E-state index contributed by atoms with van der Waals surface area (Å²) in [4.78, 5) is 0. The van der Waals surface area contributed by atoms with Gasteiger partial charge in [0.15, 0.2) is 0 Å². The van der Waals surface area contributed by atoms with Crippen molar-refractivity contribution in [2.24, 2.45) is 5.92 Å². The van der Waals surface area contributed by atoms with E-state index in [1.165, 1.54) is 12.1 Å². The first-order valence-corrected chi connectivity index (χ1v) is 6.14. The molecule has 4 heteroatoms. The van der Waals surface area contributed by atoms with Crippen LogP contribution in [0.2, 0.25) is 5.02 Å². The molecule has 0 aliphatic carbocycles. The Morgan fingerprint density at radius 2 is 2.25 bits per heavy atom. The van der Waals surface area contributed by atoms with Crippen LogP contribution in [0.4, 0.5) is 4.39 Å². The predicted octanol–water partition coefficient (Wildman–Crippen LogP) is 3.67. The van der Waals surface area contributed by atoms with Crippen LogP contribution >= 0.6 is 23.2 Å². The molecule has 1 aromatic carbocycles. The number of hydrogen-bond acceptors (Lipinski definition) is 1. The predicted molar refractivity (Wildman–Crippen MR) is 63.7 cm³/mol. The third kappa shape index (κ3) is 2.88. The Morgan fingerprint density at radius 1 is 1.44 bits per heavy atom. The summed E-state index contributed by atoms with van der Waals surface area (Å²) >= 11 is 12.2. The molecule has 0 N–H and O–H groups in total. The molecule has 2 rings (SSSR count). The molecule has 16 heavy (non-hydrogen) atoms. The molecule has 2 atom stereocenters. The molecule has 1 nitrogen and oxygen atoms in total. The number of halogens is 3. The second kappa shape index (κ2) is 5.35. The lowest BCUT2D eigenvalue weighted by molar-refractivity contribution is 0.0578. The zero-order valence-electron chi connectivity index (χ0n) is 8.76. The van der Waals surface area contributed by atoms with Gasteiger partial charge in [-0.15, -0.1) is 11.6 Å². The number of alkyl halides is 1. The Morgan fingerprint density at radius 3 is 3.00 bits per heavy atom. The molecule has 88 valence electrons. The molecular formula is C12H13Cl2FO. The van der Waals surface area contributed by atoms with Gasteiger partial charge in [-0.1, -0.05) is 11.6 Å². The van der Waals surface area contributed by atoms with Gasteiger partial charge >= 0.3 is 0 Å². The first-order valence-electron chi connectivity index (χ1n) is 5.32. The molecular weight excluding hydrogens is 250 g/mol. The molecule has 0 bridgehead atoms. The number of rotatable bonds is 2. The van der Waals surface area contributed by atoms with E-state index < -0.39 is 0 Å². The van der Waals surface area contributed by atoms with Crippen molar-refractivity contribution in [1.82, 2.24) is 0 Å². The third-order valence-electron chi connectivity index (χ3n) is 2.87. The van der Waals surface area contributed by atoms with Gasteiger partial charge in [-0.05, 0) is 36.6 Å². The highest BCUT2D eigenvalue weighted by Crippen LogP contribution is 2.27. The summed E-state index contributed by atoms with van der Waals surface area (Å²) in [6, 6.07) is 4.42. The number of hydrogen-bond donors (Lipinski definition) is 0. The fourth-order valence-corrected chi connectivity index (χ4v) is 2.39. The van der Waals surface area contributed by atoms with Gasteiger partial charge in [0, 0.05) is 22.9 Å². The lowest BCUT2D eigenvalue weighted by Gasteiger charge is -2.27. The number of ether oxygens (including phenoxy) is 1. The summed E-state index contributed by atoms with van der Waals surface area (Å²) in [6.45, 7) is 1.34. The summed E-state index contributed by atoms with van der Waals surface area (Å²) in [5.74, 6) is -0.0445. The van der Waals surface area contributed by atoms with Crippen LogP contribution in [0.1, 0.15) is 12.0 Å². The zero-order chi connectivity index (χ0) is 11.5. The van der Waals surface area contributed by atoms with E-state index in [2.05, 4.69) is 0 Å². The van der Waals surface area contributed by atoms with E-state index in [1.807, 2.05) is 0 Å². The largest absolute Gasteiger partial charge is 0.381 e. The summed E-state index contributed by atoms with van der Waals surface area (Å²) in [5.41, 5.74) is 0.808. The van der Waals surface area contributed by atoms with Crippen molar-refractivity contribution in [3.05, 3.63) is 34.6 Å². The van der Waals surface area contributed by atoms with Gasteiger partial charge in [0.2, 0.25) is 0 Å². The van der Waals surface area contributed by atoms with E-state index in [-0.39, 0.29) is 17.1 Å². The van der Waals surface area contributed by atoms with Crippen LogP contribution in [0, 0.1) is 11.7 Å². The van der Waals surface area contributed by atoms with Crippen LogP contribution in [0.3, 0.4) is 0 Å². The van der Waals surface area contributed by atoms with Gasteiger partial charge in [-0.3, -0.25) is 0 Å². The summed E-state index contributed by atoms with van der Waals surface area (Å²) in [7, 11) is 0. The topological polar surface area (TPSA) is 9.23 Å². The molecule has 1 aliphatic rings. The highest BCUT2D eigenvalue weighted by Gasteiger charge is 2.24. The van der Waals surface area contributed by atoms with Gasteiger partial charge in [0.05, 0.1) is 6.61 Å². The van der Waals surface area contributed by atoms with Crippen molar-refractivity contribution in [1.29, 1.82) is 0 Å². The Balaban J connectivity index is 2.10. The highest BCUT2D eigenvalue weighted by atomic mass is 35.5. The van der Waals surface area contributed by atoms with E-state index in [1.54, 1.807) is 6.07 Å². The molecule has 0 spiro atoms. The van der Waals surface area contributed by atoms with Gasteiger partial charge in [0.1, 0.15) is 5.82 Å². The van der Waals surface area contributed by atoms with E-state index in [9.17, 15) is 4.39 Å². The quantitative estimate of drug-likeness (QED) is 0.740. The second-order valence-corrected chi connectivity index (χ2v) is 5.05. The third-order valence-corrected chi connectivity index (χ3v) is 3.81. The van der Waals surface area contributed by atoms with E-state index in [0.717, 1.165) is 12.0 Å². The molecule has 2 unspecified atom stereocenters. The maximum atomic E-state index is 13.1. The minimum absolute atomic E-state index is 0.0908. The van der Waals surface area contributed by atoms with Crippen molar-refractivity contribution in [2.45, 2.75) is 18.2 Å². The first-order chi connectivity index (χ1) is 7.66. The van der Waals surface area contributed by atoms with Crippen molar-refractivity contribution < 1.29 is 9.13 Å². The van der Waals surface area contributed by atoms with Crippen LogP contribution in [-0.4, -0.2) is 18.6 Å². The molecule has 1 heterocycles. The van der Waals surface area contributed by atoms with Gasteiger partial charge in [-0.25, -0.2) is 4.39 Å². The monoisotopic (exact) mass is 262 g/mol. The maximum Gasteiger partial charge on any atom is 0.123 e. The van der Waals surface area contributed by atoms with Gasteiger partial charge in [0.25, 0.3) is 0 Å². The summed E-state index contributed by atoms with van der Waals surface area (Å²) in [5, 5.41) is 0.684. The molecule has 1 aliphatic heterocycles. The molecule has 0 saturated carbocycles. The molecule has 0 radical (unpaired) electrons. The fourth-order valence-electron chi connectivity index (χ4n) is 1.94. The van der Waals surface area contributed by atoms with Crippen molar-refractivity contribution in [3.63, 3.8) is 0 Å². The minimum Gasteiger partial charge on any atom is -0.381 e. The molecule has 1 aromatic rings. The van der Waals surface area contributed by atoms with E-state index in [4.69, 9.17) is 27.9 Å². The van der Waals surface area contributed by atoms with Gasteiger partial charge in [-0.2, -0.15) is 0 Å². The standard InChI is InChI=1S/C12H13Cl2FO/c13-11-2-1-10(15)6-8(11)5-9-7-16-4-3-12(9)14/h1-2,6,9,12H,3-5,7H2. The fraction of sp³-hybridized carbons (Fsp3) is 0.500. The lowest BCUT2D eigenvalue weighted by Crippen LogP contribution is -2.29. The van der Waals surface area contributed by atoms with Crippen LogP contribution in [0.25, 0.3) is 0 Å². The Kier molecular flexibility index (Phi) is 4.06. The maximum absolute atomic E-state index is 13.1. The normalized spacial score (nSPS) is 25.7. The lowest BCUT2D eigenvalue weighted by atomic mass is 9.93. The Bertz CT molecular complexity index is 370. The van der Waals surface area contributed by atoms with Crippen molar-refractivity contribution >= 4 is 23.2 Å². The second-order valence-electron chi connectivity index (χ2n) is 4.08. The van der Waals surface area contributed by atoms with Crippen LogP contribution in [-0.2, 0) is 11.2 Å². The Labute approximate surface area is 105 Å². The van der Waals surface area contributed by atoms with Crippen LogP contribution in [0.5, 0.6) is 0 Å². The van der Waals surface area contributed by atoms with E-state index in [0.29, 0.717) is 24.7 Å². The first kappa shape index (κ1) is 12.2. The van der Waals surface area contributed by atoms with Crippen molar-refractivity contribution in [3.8, 4) is 0 Å². The van der Waals surface area contributed by atoms with E-state index >= 15 is 0 Å². The number of benzene rings is 1. The van der Waals surface area contributed by atoms with Gasteiger partial charge < -0.3 is 4.74 Å². The molecule has 1 saturated heterocycles. The smallest absolute Gasteiger partial charge is 0.123 e. The molecule has 0 amide bonds. The molecule has 0 aromatic heterocycles. The van der Waals surface area contributed by atoms with Crippen LogP contribution in [0.15, 0.2) is 18.2 Å².